The highest BCUT2D eigenvalue weighted by atomic mass is 16.5. The van der Waals surface area contributed by atoms with E-state index < -0.39 is 11.2 Å². The van der Waals surface area contributed by atoms with E-state index in [0.717, 1.165) is 48.7 Å². The zero-order chi connectivity index (χ0) is 32.0. The molecular weight excluding hydrogens is 572 g/mol. The lowest BCUT2D eigenvalue weighted by Crippen LogP contribution is -2.36. The van der Waals surface area contributed by atoms with Crippen LogP contribution in [0.1, 0.15) is 33.4 Å². The van der Waals surface area contributed by atoms with E-state index in [0.29, 0.717) is 48.7 Å². The van der Waals surface area contributed by atoms with Crippen LogP contribution in [-0.4, -0.2) is 62.8 Å². The van der Waals surface area contributed by atoms with Crippen LogP contribution in [0.15, 0.2) is 97.1 Å². The molecule has 0 amide bonds. The summed E-state index contributed by atoms with van der Waals surface area (Å²) in [5.74, 6) is 5.20. The molecule has 0 aromatic heterocycles. The maximum absolute atomic E-state index is 11.5. The van der Waals surface area contributed by atoms with Crippen molar-refractivity contribution in [1.82, 2.24) is 0 Å². The fraction of sp³-hybridized carbons (Fsp3) is 0.250. The number of benzene rings is 4. The molecule has 2 aliphatic heterocycles. The highest BCUT2D eigenvalue weighted by Crippen LogP contribution is 2.33. The van der Waals surface area contributed by atoms with Gasteiger partial charge in [0.15, 0.2) is 11.2 Å². The number of terminal acetylenes is 2. The van der Waals surface area contributed by atoms with Gasteiger partial charge in [-0.1, -0.05) is 96.8 Å². The van der Waals surface area contributed by atoms with Crippen LogP contribution < -0.4 is 9.80 Å². The lowest BCUT2D eigenvalue weighted by molar-refractivity contribution is 0.122. The third kappa shape index (κ3) is 6.44. The van der Waals surface area contributed by atoms with Crippen molar-refractivity contribution in [3.63, 3.8) is 0 Å². The Balaban J connectivity index is 1.13. The van der Waals surface area contributed by atoms with E-state index in [-0.39, 0.29) is 0 Å². The predicted molar refractivity (Wildman–Crippen MR) is 184 cm³/mol. The van der Waals surface area contributed by atoms with Crippen LogP contribution in [0.2, 0.25) is 0 Å². The van der Waals surface area contributed by atoms with E-state index in [2.05, 4.69) is 21.6 Å². The van der Waals surface area contributed by atoms with E-state index in [4.69, 9.17) is 22.3 Å². The van der Waals surface area contributed by atoms with Crippen molar-refractivity contribution in [3.05, 3.63) is 130 Å². The van der Waals surface area contributed by atoms with Gasteiger partial charge in [-0.05, 0) is 35.4 Å². The van der Waals surface area contributed by atoms with Gasteiger partial charge in [-0.2, -0.15) is 0 Å². The highest BCUT2D eigenvalue weighted by molar-refractivity contribution is 5.70. The van der Waals surface area contributed by atoms with Gasteiger partial charge in [-0.25, -0.2) is 0 Å². The number of morpholine rings is 2. The van der Waals surface area contributed by atoms with Crippen LogP contribution in [-0.2, 0) is 20.7 Å². The number of ether oxygens (including phenoxy) is 2. The predicted octanol–water partition coefficient (Wildman–Crippen LogP) is 5.27. The molecule has 232 valence electrons. The largest absolute Gasteiger partial charge is 0.378 e. The summed E-state index contributed by atoms with van der Waals surface area (Å²) in [4.78, 5) is 4.52. The van der Waals surface area contributed by atoms with Crippen molar-refractivity contribution in [2.45, 2.75) is 11.2 Å². The van der Waals surface area contributed by atoms with Crippen molar-refractivity contribution in [2.75, 3.05) is 62.4 Å². The number of hydrogen-bond donors (Lipinski definition) is 2. The molecule has 46 heavy (non-hydrogen) atoms. The van der Waals surface area contributed by atoms with Gasteiger partial charge in [0.25, 0.3) is 0 Å². The summed E-state index contributed by atoms with van der Waals surface area (Å²) in [6.07, 6.45) is 15.7. The third-order valence-corrected chi connectivity index (χ3v) is 8.87. The normalized spacial score (nSPS) is 17.9. The molecule has 6 rings (SSSR count). The van der Waals surface area contributed by atoms with Crippen LogP contribution in [0.4, 0.5) is 11.4 Å². The van der Waals surface area contributed by atoms with Gasteiger partial charge in [0, 0.05) is 59.8 Å². The van der Waals surface area contributed by atoms with Crippen LogP contribution >= 0.6 is 0 Å². The Morgan fingerprint density at radius 1 is 0.500 bits per heavy atom. The number of nitrogens with zero attached hydrogens (tertiary/aromatic N) is 2. The first-order valence-electron chi connectivity index (χ1n) is 15.6. The van der Waals surface area contributed by atoms with Crippen LogP contribution in [0.5, 0.6) is 0 Å². The molecule has 0 bridgehead atoms. The maximum Gasteiger partial charge on any atom is 0.176 e. The molecule has 4 aromatic rings. The Labute approximate surface area is 271 Å². The van der Waals surface area contributed by atoms with E-state index in [1.807, 2.05) is 109 Å². The molecule has 0 spiro atoms. The molecule has 6 nitrogen and oxygen atoms in total. The van der Waals surface area contributed by atoms with Gasteiger partial charge in [0.2, 0.25) is 0 Å². The lowest BCUT2D eigenvalue weighted by Gasteiger charge is -2.30. The monoisotopic (exact) mass is 610 g/mol. The fourth-order valence-electron chi connectivity index (χ4n) is 6.00. The van der Waals surface area contributed by atoms with Crippen LogP contribution in [0, 0.1) is 24.7 Å². The Hall–Kier alpha value is -4.82. The molecule has 0 saturated carbocycles. The SMILES string of the molecule is C#CC(O)(c1ccc(/C=C/c2ccc(C(O)(C#C)c3ccc(N4CCOCC4)cc3)cc2)cc1)c1ccc(N2CCOCC2)cc1. The number of aliphatic hydroxyl groups is 2. The van der Waals surface area contributed by atoms with Crippen molar-refractivity contribution in [2.24, 2.45) is 0 Å². The molecule has 2 unspecified atom stereocenters. The highest BCUT2D eigenvalue weighted by Gasteiger charge is 2.30. The Morgan fingerprint density at radius 2 is 0.783 bits per heavy atom. The minimum Gasteiger partial charge on any atom is -0.378 e. The average molecular weight is 611 g/mol. The third-order valence-electron chi connectivity index (χ3n) is 8.87. The van der Waals surface area contributed by atoms with Gasteiger partial charge in [-0.15, -0.1) is 12.8 Å². The fourth-order valence-corrected chi connectivity index (χ4v) is 6.00. The van der Waals surface area contributed by atoms with Gasteiger partial charge in [0.1, 0.15) is 0 Å². The Bertz CT molecular complexity index is 1590. The summed E-state index contributed by atoms with van der Waals surface area (Å²) in [5.41, 5.74) is 3.54. The zero-order valence-electron chi connectivity index (χ0n) is 25.8. The summed E-state index contributed by atoms with van der Waals surface area (Å²) < 4.78 is 10.9. The quantitative estimate of drug-likeness (QED) is 0.210. The van der Waals surface area contributed by atoms with Crippen molar-refractivity contribution >= 4 is 23.5 Å². The molecule has 2 saturated heterocycles. The molecule has 6 heteroatoms. The van der Waals surface area contributed by atoms with Crippen molar-refractivity contribution in [1.29, 1.82) is 0 Å². The Kier molecular flexibility index (Phi) is 9.26. The molecule has 2 fully saturated rings. The summed E-state index contributed by atoms with van der Waals surface area (Å²) in [6.45, 7) is 6.21. The minimum atomic E-state index is -1.54. The second-order valence-corrected chi connectivity index (χ2v) is 11.6. The summed E-state index contributed by atoms with van der Waals surface area (Å²) in [6, 6.07) is 30.7. The second-order valence-electron chi connectivity index (χ2n) is 11.6. The summed E-state index contributed by atoms with van der Waals surface area (Å²) in [7, 11) is 0. The number of hydrogen-bond acceptors (Lipinski definition) is 6. The van der Waals surface area contributed by atoms with E-state index in [9.17, 15) is 10.2 Å². The number of anilines is 2. The average Bonchev–Trinajstić information content (AvgIpc) is 3.14. The van der Waals surface area contributed by atoms with E-state index >= 15 is 0 Å². The molecule has 4 aromatic carbocycles. The number of rotatable bonds is 8. The first-order chi connectivity index (χ1) is 22.4. The Morgan fingerprint density at radius 3 is 1.07 bits per heavy atom. The van der Waals surface area contributed by atoms with Gasteiger partial charge >= 0.3 is 0 Å². The van der Waals surface area contributed by atoms with E-state index in [1.54, 1.807) is 0 Å². The molecular formula is C40H38N2O4. The van der Waals surface area contributed by atoms with Crippen molar-refractivity contribution in [3.8, 4) is 24.7 Å². The standard InChI is InChI=1S/C40H38N2O4/c1-3-39(43,35-15-19-37(20-16-35)41-23-27-45-28-24-41)33-11-7-31(8-12-33)5-6-32-9-13-34(14-10-32)40(44,4-2)36-17-21-38(22-18-36)42-25-29-46-30-26-42/h1-2,5-22,43-44H,23-30H2/b6-5+. The molecule has 0 radical (unpaired) electrons. The first kappa shape index (κ1) is 31.2. The smallest absolute Gasteiger partial charge is 0.176 e. The van der Waals surface area contributed by atoms with Gasteiger partial charge in [0.05, 0.1) is 26.4 Å². The van der Waals surface area contributed by atoms with Crippen molar-refractivity contribution < 1.29 is 19.7 Å². The minimum absolute atomic E-state index is 0.627. The molecule has 2 N–H and O–H groups in total. The lowest BCUT2D eigenvalue weighted by atomic mass is 9.86. The maximum atomic E-state index is 11.5. The van der Waals surface area contributed by atoms with Gasteiger partial charge in [-0.3, -0.25) is 0 Å². The molecule has 0 aliphatic carbocycles. The summed E-state index contributed by atoms with van der Waals surface area (Å²) >= 11 is 0. The molecule has 2 atom stereocenters. The van der Waals surface area contributed by atoms with Gasteiger partial charge < -0.3 is 29.5 Å². The second kappa shape index (κ2) is 13.7. The van der Waals surface area contributed by atoms with E-state index in [1.165, 1.54) is 0 Å². The first-order valence-corrected chi connectivity index (χ1v) is 15.6. The molecule has 2 aliphatic rings. The van der Waals surface area contributed by atoms with Crippen LogP contribution in [0.25, 0.3) is 12.2 Å². The summed E-state index contributed by atoms with van der Waals surface area (Å²) in [5, 5.41) is 23.0. The topological polar surface area (TPSA) is 65.4 Å². The molecule has 2 heterocycles. The van der Waals surface area contributed by atoms with Crippen LogP contribution in [0.3, 0.4) is 0 Å². The zero-order valence-corrected chi connectivity index (χ0v) is 25.8.